The van der Waals surface area contributed by atoms with Crippen molar-refractivity contribution in [2.45, 2.75) is 45.4 Å². The molecule has 1 atom stereocenters. The lowest BCUT2D eigenvalue weighted by molar-refractivity contribution is -0.898. The van der Waals surface area contributed by atoms with Crippen molar-refractivity contribution in [1.82, 2.24) is 9.97 Å². The highest BCUT2D eigenvalue weighted by molar-refractivity contribution is 5.98. The van der Waals surface area contributed by atoms with Crippen LogP contribution in [-0.2, 0) is 6.42 Å². The second-order valence-electron chi connectivity index (χ2n) is 8.47. The van der Waals surface area contributed by atoms with Crippen molar-refractivity contribution >= 4 is 11.7 Å². The Kier molecular flexibility index (Phi) is 5.44. The van der Waals surface area contributed by atoms with Crippen molar-refractivity contribution in [3.05, 3.63) is 52.8 Å². The van der Waals surface area contributed by atoms with E-state index in [-0.39, 0.29) is 11.7 Å². The largest absolute Gasteiger partial charge is 0.332 e. The fourth-order valence-corrected chi connectivity index (χ4v) is 4.35. The maximum Gasteiger partial charge on any atom is 0.225 e. The Hall–Kier alpha value is -2.27. The number of quaternary nitrogens is 1. The Morgan fingerprint density at radius 1 is 1.14 bits per heavy atom. The molecule has 1 aliphatic carbocycles. The van der Waals surface area contributed by atoms with Gasteiger partial charge in [0.2, 0.25) is 5.95 Å². The predicted molar refractivity (Wildman–Crippen MR) is 111 cm³/mol. The van der Waals surface area contributed by atoms with E-state index < -0.39 is 0 Å². The van der Waals surface area contributed by atoms with E-state index in [1.807, 2.05) is 0 Å². The van der Waals surface area contributed by atoms with Gasteiger partial charge in [0.1, 0.15) is 0 Å². The quantitative estimate of drug-likeness (QED) is 0.885. The lowest BCUT2D eigenvalue weighted by Crippen LogP contribution is -3.14. The van der Waals surface area contributed by atoms with Crippen molar-refractivity contribution in [3.8, 4) is 0 Å². The van der Waals surface area contributed by atoms with Crippen molar-refractivity contribution in [2.75, 3.05) is 37.6 Å². The van der Waals surface area contributed by atoms with Gasteiger partial charge in [0, 0.05) is 12.6 Å². The highest BCUT2D eigenvalue weighted by Gasteiger charge is 2.29. The van der Waals surface area contributed by atoms with Gasteiger partial charge in [-0.15, -0.1) is 0 Å². The van der Waals surface area contributed by atoms with Crippen molar-refractivity contribution in [1.29, 1.82) is 0 Å². The summed E-state index contributed by atoms with van der Waals surface area (Å²) in [7, 11) is 0. The number of aromatic nitrogens is 2. The number of nitrogens with one attached hydrogen (secondary N) is 1. The van der Waals surface area contributed by atoms with E-state index in [1.54, 1.807) is 11.1 Å². The van der Waals surface area contributed by atoms with Gasteiger partial charge >= 0.3 is 0 Å². The molecule has 1 aromatic heterocycles. The first-order chi connectivity index (χ1) is 13.5. The van der Waals surface area contributed by atoms with Crippen LogP contribution in [-0.4, -0.2) is 48.5 Å². The molecule has 2 aromatic rings. The second-order valence-corrected chi connectivity index (χ2v) is 8.47. The lowest BCUT2D eigenvalue weighted by atomic mass is 9.81. The molecule has 0 amide bonds. The summed E-state index contributed by atoms with van der Waals surface area (Å²) in [6.07, 6.45) is 3.13. The van der Waals surface area contributed by atoms with Crippen LogP contribution in [0.3, 0.4) is 0 Å². The van der Waals surface area contributed by atoms with Gasteiger partial charge in [0.05, 0.1) is 44.0 Å². The maximum atomic E-state index is 12.7. The summed E-state index contributed by atoms with van der Waals surface area (Å²) >= 11 is 0. The van der Waals surface area contributed by atoms with Crippen LogP contribution in [0.5, 0.6) is 0 Å². The third-order valence-corrected chi connectivity index (χ3v) is 6.35. The summed E-state index contributed by atoms with van der Waals surface area (Å²) in [6.45, 7) is 12.0. The minimum Gasteiger partial charge on any atom is -0.332 e. The Morgan fingerprint density at radius 2 is 1.86 bits per heavy atom. The van der Waals surface area contributed by atoms with E-state index in [2.05, 4.69) is 54.9 Å². The Bertz CT molecular complexity index is 838. The molecule has 1 aliphatic heterocycles. The summed E-state index contributed by atoms with van der Waals surface area (Å²) in [5, 5.41) is 0. The predicted octanol–water partition coefficient (Wildman–Crippen LogP) is 2.24. The molecule has 1 N–H and O–H groups in total. The topological polar surface area (TPSA) is 50.5 Å². The smallest absolute Gasteiger partial charge is 0.225 e. The van der Waals surface area contributed by atoms with E-state index in [0.29, 0.717) is 12.3 Å². The first-order valence-corrected chi connectivity index (χ1v) is 10.6. The van der Waals surface area contributed by atoms with Gasteiger partial charge in [-0.3, -0.25) is 4.79 Å². The Labute approximate surface area is 167 Å². The first-order valence-electron chi connectivity index (χ1n) is 10.6. The van der Waals surface area contributed by atoms with E-state index in [1.165, 1.54) is 17.7 Å². The highest BCUT2D eigenvalue weighted by atomic mass is 16.1. The molecular weight excluding hydrogens is 348 g/mol. The van der Waals surface area contributed by atoms with Crippen molar-refractivity contribution < 1.29 is 9.69 Å². The molecule has 1 aromatic carbocycles. The lowest BCUT2D eigenvalue weighted by Gasteiger charge is -2.32. The maximum absolute atomic E-state index is 12.7. The Morgan fingerprint density at radius 3 is 2.50 bits per heavy atom. The number of hydrogen-bond acceptors (Lipinski definition) is 4. The molecular formula is C23H31N4O+. The van der Waals surface area contributed by atoms with E-state index >= 15 is 0 Å². The molecule has 2 aliphatic rings. The molecule has 5 heteroatoms. The molecule has 0 unspecified atom stereocenters. The standard InChI is InChI=1S/C23H30N4O/c1-4-26-9-11-27(12-10-26)23-24-15-20-21(25-23)13-19(14-22(20)28)18-7-5-17(6-8-18)16(2)3/h5-8,15-16,19H,4,9-14H2,1-3H3/p+1/t19-/m1/s1. The molecule has 1 fully saturated rings. The molecule has 0 radical (unpaired) electrons. The number of nitrogens with zero attached hydrogens (tertiary/aromatic N) is 3. The molecule has 0 bridgehead atoms. The molecule has 148 valence electrons. The number of ketones is 1. The van der Waals surface area contributed by atoms with Gasteiger partial charge in [-0.05, 0) is 36.3 Å². The van der Waals surface area contributed by atoms with Gasteiger partial charge < -0.3 is 9.80 Å². The zero-order valence-corrected chi connectivity index (χ0v) is 17.2. The number of hydrogen-bond donors (Lipinski definition) is 1. The molecule has 28 heavy (non-hydrogen) atoms. The monoisotopic (exact) mass is 379 g/mol. The number of anilines is 1. The Balaban J connectivity index is 1.54. The molecule has 0 spiro atoms. The highest BCUT2D eigenvalue weighted by Crippen LogP contribution is 2.33. The van der Waals surface area contributed by atoms with Gasteiger partial charge in [-0.25, -0.2) is 9.97 Å². The fraction of sp³-hybridized carbons (Fsp3) is 0.522. The van der Waals surface area contributed by atoms with Gasteiger partial charge in [-0.1, -0.05) is 38.1 Å². The van der Waals surface area contributed by atoms with Crippen LogP contribution in [0.25, 0.3) is 0 Å². The third-order valence-electron chi connectivity index (χ3n) is 6.35. The summed E-state index contributed by atoms with van der Waals surface area (Å²) in [6, 6.07) is 8.77. The number of benzene rings is 1. The van der Waals surface area contributed by atoms with Crippen molar-refractivity contribution in [2.24, 2.45) is 0 Å². The number of fused-ring (bicyclic) bond motifs is 1. The van der Waals surface area contributed by atoms with E-state index in [9.17, 15) is 4.79 Å². The van der Waals surface area contributed by atoms with Crippen LogP contribution in [0.15, 0.2) is 30.5 Å². The second kappa shape index (κ2) is 8.00. The third kappa shape index (κ3) is 3.81. The molecule has 0 saturated carbocycles. The summed E-state index contributed by atoms with van der Waals surface area (Å²) < 4.78 is 0. The average Bonchev–Trinajstić information content (AvgIpc) is 2.73. The summed E-state index contributed by atoms with van der Waals surface area (Å²) in [4.78, 5) is 26.0. The fourth-order valence-electron chi connectivity index (χ4n) is 4.35. The number of Topliss-reactive ketones (excluding diaryl/α,β-unsaturated/α-hetero) is 1. The van der Waals surface area contributed by atoms with Crippen LogP contribution in [0.1, 0.15) is 66.2 Å². The zero-order chi connectivity index (χ0) is 19.7. The summed E-state index contributed by atoms with van der Waals surface area (Å²) in [5.41, 5.74) is 4.22. The minimum atomic E-state index is 0.172. The minimum absolute atomic E-state index is 0.172. The van der Waals surface area contributed by atoms with Gasteiger partial charge in [0.15, 0.2) is 5.78 Å². The molecule has 1 saturated heterocycles. The SMILES string of the molecule is CC[NH+]1CCN(c2ncc3c(n2)C[C@@H](c2ccc(C(C)C)cc2)CC3=O)CC1. The zero-order valence-electron chi connectivity index (χ0n) is 17.2. The molecule has 5 nitrogen and oxygen atoms in total. The van der Waals surface area contributed by atoms with E-state index in [4.69, 9.17) is 4.98 Å². The molecule has 4 rings (SSSR count). The molecule has 2 heterocycles. The van der Waals surface area contributed by atoms with Crippen LogP contribution >= 0.6 is 0 Å². The van der Waals surface area contributed by atoms with Crippen LogP contribution < -0.4 is 9.80 Å². The summed E-state index contributed by atoms with van der Waals surface area (Å²) in [5.74, 6) is 1.70. The normalized spacial score (nSPS) is 20.5. The number of carbonyl (C=O) groups is 1. The van der Waals surface area contributed by atoms with Crippen LogP contribution in [0.2, 0.25) is 0 Å². The van der Waals surface area contributed by atoms with Gasteiger partial charge in [-0.2, -0.15) is 0 Å². The number of piperazine rings is 1. The number of rotatable bonds is 4. The first kappa shape index (κ1) is 19.1. The number of carbonyl (C=O) groups excluding carboxylic acids is 1. The van der Waals surface area contributed by atoms with E-state index in [0.717, 1.165) is 49.8 Å². The average molecular weight is 380 g/mol. The van der Waals surface area contributed by atoms with Crippen LogP contribution in [0.4, 0.5) is 5.95 Å². The van der Waals surface area contributed by atoms with Gasteiger partial charge in [0.25, 0.3) is 0 Å². The van der Waals surface area contributed by atoms with Crippen molar-refractivity contribution in [3.63, 3.8) is 0 Å². The van der Waals surface area contributed by atoms with Crippen LogP contribution in [0, 0.1) is 0 Å². The number of likely N-dealkylation sites (N-methyl/N-ethyl adjacent to an activating group) is 1.